The minimum atomic E-state index is -0.118. The van der Waals surface area contributed by atoms with Crippen LogP contribution in [0.3, 0.4) is 0 Å². The Morgan fingerprint density at radius 1 is 1.05 bits per heavy atom. The standard InChI is InChI=1S/C17H33NO/c1-4-17(5-2,18-12-6-7-13-18)16(19)15-10-8-14(3)9-11-15/h14-16,19H,4-13H2,1-3H3. The maximum atomic E-state index is 11.1. The highest BCUT2D eigenvalue weighted by molar-refractivity contribution is 4.99. The topological polar surface area (TPSA) is 23.5 Å². The second-order valence-corrected chi connectivity index (χ2v) is 6.97. The molecule has 1 atom stereocenters. The second kappa shape index (κ2) is 6.58. The summed E-state index contributed by atoms with van der Waals surface area (Å²) in [5, 5.41) is 11.1. The molecule has 1 aliphatic carbocycles. The van der Waals surface area contributed by atoms with Gasteiger partial charge in [0.15, 0.2) is 0 Å². The van der Waals surface area contributed by atoms with Crippen LogP contribution in [0.2, 0.25) is 0 Å². The normalized spacial score (nSPS) is 31.6. The third-order valence-electron chi connectivity index (χ3n) is 6.02. The summed E-state index contributed by atoms with van der Waals surface area (Å²) in [5.74, 6) is 1.41. The van der Waals surface area contributed by atoms with E-state index in [2.05, 4.69) is 25.7 Å². The zero-order valence-electron chi connectivity index (χ0n) is 13.2. The first-order valence-electron chi connectivity index (χ1n) is 8.57. The summed E-state index contributed by atoms with van der Waals surface area (Å²) in [6.07, 6.45) is 9.79. The quantitative estimate of drug-likeness (QED) is 0.818. The molecule has 0 amide bonds. The minimum absolute atomic E-state index is 0.0573. The predicted octanol–water partition coefficient (Wildman–Crippen LogP) is 3.83. The molecular formula is C17H33NO. The number of rotatable bonds is 5. The van der Waals surface area contributed by atoms with Crippen LogP contribution in [0.15, 0.2) is 0 Å². The van der Waals surface area contributed by atoms with E-state index in [0.717, 1.165) is 18.8 Å². The van der Waals surface area contributed by atoms with Gasteiger partial charge in [0.1, 0.15) is 0 Å². The summed E-state index contributed by atoms with van der Waals surface area (Å²) >= 11 is 0. The molecule has 0 aromatic carbocycles. The molecule has 1 unspecified atom stereocenters. The number of hydrogen-bond donors (Lipinski definition) is 1. The molecule has 2 heteroatoms. The molecule has 0 aromatic heterocycles. The largest absolute Gasteiger partial charge is 0.391 e. The fourth-order valence-electron chi connectivity index (χ4n) is 4.51. The molecule has 1 N–H and O–H groups in total. The van der Waals surface area contributed by atoms with E-state index in [4.69, 9.17) is 0 Å². The van der Waals surface area contributed by atoms with Crippen LogP contribution in [0.1, 0.15) is 72.1 Å². The van der Waals surface area contributed by atoms with Crippen LogP contribution < -0.4 is 0 Å². The third-order valence-corrected chi connectivity index (χ3v) is 6.02. The molecule has 19 heavy (non-hydrogen) atoms. The first-order valence-corrected chi connectivity index (χ1v) is 8.57. The molecule has 0 bridgehead atoms. The zero-order chi connectivity index (χ0) is 13.9. The van der Waals surface area contributed by atoms with Gasteiger partial charge in [0.2, 0.25) is 0 Å². The lowest BCUT2D eigenvalue weighted by Crippen LogP contribution is -2.57. The maximum absolute atomic E-state index is 11.1. The van der Waals surface area contributed by atoms with E-state index in [1.165, 1.54) is 51.6 Å². The van der Waals surface area contributed by atoms with Gasteiger partial charge in [0, 0.05) is 5.54 Å². The Morgan fingerprint density at radius 3 is 2.05 bits per heavy atom. The number of likely N-dealkylation sites (tertiary alicyclic amines) is 1. The van der Waals surface area contributed by atoms with Gasteiger partial charge in [-0.3, -0.25) is 4.90 Å². The number of aliphatic hydroxyl groups is 1. The van der Waals surface area contributed by atoms with Crippen molar-refractivity contribution in [3.05, 3.63) is 0 Å². The molecule has 112 valence electrons. The Balaban J connectivity index is 2.08. The monoisotopic (exact) mass is 267 g/mol. The highest BCUT2D eigenvalue weighted by Gasteiger charge is 2.44. The summed E-state index contributed by atoms with van der Waals surface area (Å²) in [4.78, 5) is 2.61. The van der Waals surface area contributed by atoms with Crippen LogP contribution in [0, 0.1) is 11.8 Å². The first kappa shape index (κ1) is 15.3. The van der Waals surface area contributed by atoms with Crippen molar-refractivity contribution >= 4 is 0 Å². The molecule has 2 rings (SSSR count). The molecule has 1 aliphatic heterocycles. The molecule has 0 aromatic rings. The Morgan fingerprint density at radius 2 is 1.58 bits per heavy atom. The van der Waals surface area contributed by atoms with Crippen LogP contribution in [-0.2, 0) is 0 Å². The van der Waals surface area contributed by atoms with E-state index in [-0.39, 0.29) is 11.6 Å². The third kappa shape index (κ3) is 3.00. The van der Waals surface area contributed by atoms with Gasteiger partial charge in [-0.15, -0.1) is 0 Å². The van der Waals surface area contributed by atoms with Gasteiger partial charge < -0.3 is 5.11 Å². The van der Waals surface area contributed by atoms with Crippen LogP contribution in [0.4, 0.5) is 0 Å². The predicted molar refractivity (Wildman–Crippen MR) is 81.2 cm³/mol. The molecule has 2 nitrogen and oxygen atoms in total. The van der Waals surface area contributed by atoms with Gasteiger partial charge in [-0.1, -0.05) is 33.6 Å². The summed E-state index contributed by atoms with van der Waals surface area (Å²) in [6, 6.07) is 0. The van der Waals surface area contributed by atoms with Gasteiger partial charge in [-0.05, 0) is 63.5 Å². The van der Waals surface area contributed by atoms with Gasteiger partial charge in [-0.2, -0.15) is 0 Å². The van der Waals surface area contributed by atoms with E-state index in [1.54, 1.807) is 0 Å². The van der Waals surface area contributed by atoms with Gasteiger partial charge in [0.25, 0.3) is 0 Å². The Bertz CT molecular complexity index is 260. The van der Waals surface area contributed by atoms with Crippen LogP contribution in [0.5, 0.6) is 0 Å². The SMILES string of the molecule is CCC(CC)(C(O)C1CCC(C)CC1)N1CCCC1. The van der Waals surface area contributed by atoms with Crippen molar-refractivity contribution in [1.29, 1.82) is 0 Å². The fourth-order valence-corrected chi connectivity index (χ4v) is 4.51. The van der Waals surface area contributed by atoms with E-state index in [1.807, 2.05) is 0 Å². The molecule has 2 aliphatic rings. The van der Waals surface area contributed by atoms with Crippen molar-refractivity contribution < 1.29 is 5.11 Å². The summed E-state index contributed by atoms with van der Waals surface area (Å²) < 4.78 is 0. The Labute approximate surface area is 119 Å². The van der Waals surface area contributed by atoms with Crippen molar-refractivity contribution in [2.24, 2.45) is 11.8 Å². The molecule has 1 saturated carbocycles. The molecule has 2 fully saturated rings. The lowest BCUT2D eigenvalue weighted by atomic mass is 9.71. The maximum Gasteiger partial charge on any atom is 0.0751 e. The summed E-state index contributed by atoms with van der Waals surface area (Å²) in [6.45, 7) is 9.30. The Hall–Kier alpha value is -0.0800. The van der Waals surface area contributed by atoms with Crippen LogP contribution in [-0.4, -0.2) is 34.7 Å². The van der Waals surface area contributed by atoms with E-state index in [9.17, 15) is 5.11 Å². The van der Waals surface area contributed by atoms with Crippen molar-refractivity contribution in [3.63, 3.8) is 0 Å². The van der Waals surface area contributed by atoms with E-state index >= 15 is 0 Å². The van der Waals surface area contributed by atoms with E-state index < -0.39 is 0 Å². The molecule has 1 saturated heterocycles. The number of aliphatic hydroxyl groups excluding tert-OH is 1. The summed E-state index contributed by atoms with van der Waals surface area (Å²) in [5.41, 5.74) is 0.0573. The second-order valence-electron chi connectivity index (χ2n) is 6.97. The average molecular weight is 267 g/mol. The smallest absolute Gasteiger partial charge is 0.0751 e. The van der Waals surface area contributed by atoms with E-state index in [0.29, 0.717) is 5.92 Å². The van der Waals surface area contributed by atoms with Crippen molar-refractivity contribution in [3.8, 4) is 0 Å². The van der Waals surface area contributed by atoms with Gasteiger partial charge >= 0.3 is 0 Å². The van der Waals surface area contributed by atoms with Gasteiger partial charge in [0.05, 0.1) is 6.10 Å². The van der Waals surface area contributed by atoms with Crippen LogP contribution >= 0.6 is 0 Å². The highest BCUT2D eigenvalue weighted by atomic mass is 16.3. The van der Waals surface area contributed by atoms with Crippen molar-refractivity contribution in [2.45, 2.75) is 83.8 Å². The fraction of sp³-hybridized carbons (Fsp3) is 1.00. The first-order chi connectivity index (χ1) is 9.14. The number of hydrogen-bond acceptors (Lipinski definition) is 2. The van der Waals surface area contributed by atoms with Crippen LogP contribution in [0.25, 0.3) is 0 Å². The lowest BCUT2D eigenvalue weighted by molar-refractivity contribution is -0.0684. The van der Waals surface area contributed by atoms with Gasteiger partial charge in [-0.25, -0.2) is 0 Å². The molecular weight excluding hydrogens is 234 g/mol. The lowest BCUT2D eigenvalue weighted by Gasteiger charge is -2.48. The molecule has 0 spiro atoms. The van der Waals surface area contributed by atoms with Crippen molar-refractivity contribution in [2.75, 3.05) is 13.1 Å². The average Bonchev–Trinajstić information content (AvgIpc) is 2.96. The molecule has 0 radical (unpaired) electrons. The van der Waals surface area contributed by atoms with Crippen molar-refractivity contribution in [1.82, 2.24) is 4.90 Å². The Kier molecular flexibility index (Phi) is 5.30. The highest BCUT2D eigenvalue weighted by Crippen LogP contribution is 2.40. The zero-order valence-corrected chi connectivity index (χ0v) is 13.2. The number of nitrogens with zero attached hydrogens (tertiary/aromatic N) is 1. The molecule has 1 heterocycles. The summed E-state index contributed by atoms with van der Waals surface area (Å²) in [7, 11) is 0. The minimum Gasteiger partial charge on any atom is -0.391 e.